The fourth-order valence-electron chi connectivity index (χ4n) is 1.66. The Kier molecular flexibility index (Phi) is 42.0. The van der Waals surface area contributed by atoms with Crippen molar-refractivity contribution < 1.29 is 0 Å². The van der Waals surface area contributed by atoms with Crippen LogP contribution >= 0.6 is 0 Å². The quantitative estimate of drug-likeness (QED) is 0.415. The van der Waals surface area contributed by atoms with Crippen LogP contribution in [0.15, 0.2) is 0 Å². The second kappa shape index (κ2) is 30.6. The molecule has 1 rings (SSSR count). The van der Waals surface area contributed by atoms with Gasteiger partial charge in [0.15, 0.2) is 0 Å². The van der Waals surface area contributed by atoms with Crippen LogP contribution in [0, 0.1) is 5.92 Å². The van der Waals surface area contributed by atoms with Crippen LogP contribution in [-0.2, 0) is 0 Å². The number of unbranched alkanes of at least 4 members (excludes halogenated alkanes) is 3. The molecule has 1 saturated heterocycles. The number of hydrogen-bond acceptors (Lipinski definition) is 1. The van der Waals surface area contributed by atoms with E-state index in [-0.39, 0.29) is 23.9 Å². The Balaban J connectivity index is -0.000000118. The van der Waals surface area contributed by atoms with E-state index in [4.69, 9.17) is 0 Å². The van der Waals surface area contributed by atoms with Crippen LogP contribution in [0.25, 0.3) is 0 Å². The third kappa shape index (κ3) is 39.5. The zero-order valence-corrected chi connectivity index (χ0v) is 20.9. The zero-order valence-electron chi connectivity index (χ0n) is 18.0. The Bertz CT molecular complexity index is 138. The second-order valence-corrected chi connectivity index (χ2v) is 6.76. The Morgan fingerprint density at radius 3 is 1.13 bits per heavy atom. The molecule has 0 atom stereocenters. The van der Waals surface area contributed by atoms with Gasteiger partial charge in [-0.2, -0.15) is 0 Å². The average Bonchev–Trinajstić information content (AvgIpc) is 2.56. The zero-order chi connectivity index (χ0) is 17.6. The summed E-state index contributed by atoms with van der Waals surface area (Å²) in [5.74, 6) is 0.845. The van der Waals surface area contributed by atoms with E-state index >= 15 is 0 Å². The van der Waals surface area contributed by atoms with Gasteiger partial charge in [0, 0.05) is 30.5 Å². The number of rotatable bonds is 5. The first-order valence-electron chi connectivity index (χ1n) is 10.3. The molecule has 0 aliphatic carbocycles. The predicted octanol–water partition coefficient (Wildman–Crippen LogP) is 7.17. The summed E-state index contributed by atoms with van der Waals surface area (Å²) in [5.41, 5.74) is 0. The molecule has 0 aromatic rings. The van der Waals surface area contributed by atoms with Crippen molar-refractivity contribution in [1.29, 1.82) is 0 Å². The first kappa shape index (κ1) is 31.5. The summed E-state index contributed by atoms with van der Waals surface area (Å²) in [6.07, 6.45) is 12.2. The molecule has 0 bridgehead atoms. The maximum atomic E-state index is 2.59. The van der Waals surface area contributed by atoms with E-state index in [2.05, 4.69) is 60.3 Å². The van der Waals surface area contributed by atoms with Gasteiger partial charge in [0.25, 0.3) is 0 Å². The van der Waals surface area contributed by atoms with Crippen molar-refractivity contribution in [1.82, 2.24) is 4.90 Å². The molecule has 1 aliphatic heterocycles. The summed E-state index contributed by atoms with van der Waals surface area (Å²) in [4.78, 5) is 2.59. The third-order valence-corrected chi connectivity index (χ3v) is 3.57. The number of nitrogens with zero attached hydrogens (tertiary/aromatic N) is 1. The molecule has 4 radical (unpaired) electrons. The van der Waals surface area contributed by atoms with Crippen molar-refractivity contribution in [2.24, 2.45) is 5.92 Å². The van der Waals surface area contributed by atoms with Crippen molar-refractivity contribution in [2.45, 2.75) is 113 Å². The SMILES string of the molecule is CC(C)CN1CCCCC1.CCCC.CCCC.CCCC.[Sn]. The normalized spacial score (nSPS) is 13.4. The molecule has 0 spiro atoms. The van der Waals surface area contributed by atoms with Gasteiger partial charge in [-0.05, 0) is 31.8 Å². The van der Waals surface area contributed by atoms with Crippen LogP contribution in [-0.4, -0.2) is 48.4 Å². The predicted molar refractivity (Wildman–Crippen MR) is 113 cm³/mol. The molecule has 2 heteroatoms. The molecule has 0 amide bonds. The van der Waals surface area contributed by atoms with E-state index in [1.54, 1.807) is 0 Å². The molecule has 0 N–H and O–H groups in total. The summed E-state index contributed by atoms with van der Waals surface area (Å²) >= 11 is 0. The van der Waals surface area contributed by atoms with Gasteiger partial charge < -0.3 is 4.90 Å². The standard InChI is InChI=1S/C9H19N.3C4H10.Sn/c1-9(2)8-10-6-4-3-5-7-10;3*1-3-4-2;/h9H,3-8H2,1-2H3;3*3-4H2,1-2H3;. The van der Waals surface area contributed by atoms with Gasteiger partial charge in [-0.3, -0.25) is 0 Å². The minimum absolute atomic E-state index is 0. The van der Waals surface area contributed by atoms with Crippen LogP contribution in [0.2, 0.25) is 0 Å². The van der Waals surface area contributed by atoms with Crippen LogP contribution in [0.5, 0.6) is 0 Å². The molecule has 0 aromatic heterocycles. The molecule has 0 saturated carbocycles. The Morgan fingerprint density at radius 1 is 0.609 bits per heavy atom. The van der Waals surface area contributed by atoms with Crippen molar-refractivity contribution in [3.8, 4) is 0 Å². The molecule has 1 heterocycles. The van der Waals surface area contributed by atoms with E-state index in [1.807, 2.05) is 0 Å². The van der Waals surface area contributed by atoms with Gasteiger partial charge in [-0.25, -0.2) is 0 Å². The number of piperidine rings is 1. The maximum absolute atomic E-state index is 2.59. The van der Waals surface area contributed by atoms with Gasteiger partial charge in [-0.15, -0.1) is 0 Å². The molecule has 1 fully saturated rings. The summed E-state index contributed by atoms with van der Waals surface area (Å²) in [5, 5.41) is 0. The van der Waals surface area contributed by atoms with Crippen molar-refractivity contribution >= 4 is 23.9 Å². The molecular weight excluding hydrogens is 385 g/mol. The summed E-state index contributed by atoms with van der Waals surface area (Å²) in [6, 6.07) is 0. The van der Waals surface area contributed by atoms with Crippen molar-refractivity contribution in [2.75, 3.05) is 19.6 Å². The first-order valence-corrected chi connectivity index (χ1v) is 10.3. The van der Waals surface area contributed by atoms with E-state index in [9.17, 15) is 0 Å². The monoisotopic (exact) mass is 435 g/mol. The van der Waals surface area contributed by atoms with Crippen LogP contribution < -0.4 is 0 Å². The second-order valence-electron chi connectivity index (χ2n) is 6.76. The Morgan fingerprint density at radius 2 is 0.913 bits per heavy atom. The molecule has 1 nitrogen and oxygen atoms in total. The summed E-state index contributed by atoms with van der Waals surface area (Å²) < 4.78 is 0. The molecule has 142 valence electrons. The molecule has 1 aliphatic rings. The van der Waals surface area contributed by atoms with E-state index < -0.39 is 0 Å². The third-order valence-electron chi connectivity index (χ3n) is 3.57. The van der Waals surface area contributed by atoms with Crippen LogP contribution in [0.4, 0.5) is 0 Å². The Hall–Kier alpha value is 0.759. The van der Waals surface area contributed by atoms with E-state index in [0.717, 1.165) is 5.92 Å². The maximum Gasteiger partial charge on any atom is 0.000438 e. The fraction of sp³-hybridized carbons (Fsp3) is 1.00. The van der Waals surface area contributed by atoms with Crippen molar-refractivity contribution in [3.05, 3.63) is 0 Å². The molecule has 23 heavy (non-hydrogen) atoms. The minimum Gasteiger partial charge on any atom is -0.303 e. The first-order chi connectivity index (χ1) is 10.5. The van der Waals surface area contributed by atoms with Gasteiger partial charge in [0.2, 0.25) is 0 Å². The Labute approximate surface area is 167 Å². The topological polar surface area (TPSA) is 3.24 Å². The summed E-state index contributed by atoms with van der Waals surface area (Å²) in [7, 11) is 0. The van der Waals surface area contributed by atoms with Gasteiger partial charge >= 0.3 is 0 Å². The summed E-state index contributed by atoms with van der Waals surface area (Å²) in [6.45, 7) is 21.7. The largest absolute Gasteiger partial charge is 0.303 e. The minimum atomic E-state index is 0. The molecule has 0 aromatic carbocycles. The smallest absolute Gasteiger partial charge is 0.000438 e. The van der Waals surface area contributed by atoms with Crippen molar-refractivity contribution in [3.63, 3.8) is 0 Å². The van der Waals surface area contributed by atoms with Crippen LogP contribution in [0.3, 0.4) is 0 Å². The molecule has 0 unspecified atom stereocenters. The number of hydrogen-bond donors (Lipinski definition) is 0. The van der Waals surface area contributed by atoms with E-state index in [0.29, 0.717) is 0 Å². The van der Waals surface area contributed by atoms with Gasteiger partial charge in [-0.1, -0.05) is 100 Å². The van der Waals surface area contributed by atoms with Gasteiger partial charge in [0.05, 0.1) is 0 Å². The van der Waals surface area contributed by atoms with E-state index in [1.165, 1.54) is 77.4 Å². The average molecular weight is 434 g/mol. The number of likely N-dealkylation sites (tertiary alicyclic amines) is 1. The fourth-order valence-corrected chi connectivity index (χ4v) is 1.66. The van der Waals surface area contributed by atoms with Gasteiger partial charge in [0.1, 0.15) is 0 Å². The van der Waals surface area contributed by atoms with Crippen LogP contribution in [0.1, 0.15) is 113 Å². The molecular formula is C21H49NSn.